The summed E-state index contributed by atoms with van der Waals surface area (Å²) in [5.74, 6) is -0.664. The SMILES string of the molecule is N[C@H]1CCCN(c2ccc(S(=O)(=O)N[C@@H]3CCNC3)c(S(N)(=O)=O)c2-c2nn[nH]n2)C1=O. The molecule has 2 aliphatic rings. The highest BCUT2D eigenvalue weighted by atomic mass is 32.2. The van der Waals surface area contributed by atoms with Crippen LogP contribution < -0.4 is 25.8 Å². The third kappa shape index (κ3) is 4.24. The molecule has 0 aliphatic carbocycles. The van der Waals surface area contributed by atoms with E-state index in [4.69, 9.17) is 10.9 Å². The Morgan fingerprint density at radius 1 is 1.19 bits per heavy atom. The van der Waals surface area contributed by atoms with Crippen LogP contribution in [0.3, 0.4) is 0 Å². The van der Waals surface area contributed by atoms with Crippen molar-refractivity contribution < 1.29 is 21.6 Å². The number of sulfonamides is 2. The molecular weight excluding hydrogens is 462 g/mol. The highest BCUT2D eigenvalue weighted by Crippen LogP contribution is 2.39. The van der Waals surface area contributed by atoms with E-state index >= 15 is 0 Å². The Morgan fingerprint density at radius 2 is 1.97 bits per heavy atom. The van der Waals surface area contributed by atoms with Gasteiger partial charge in [-0.2, -0.15) is 5.21 Å². The van der Waals surface area contributed by atoms with E-state index in [1.807, 2.05) is 0 Å². The zero-order valence-electron chi connectivity index (χ0n) is 16.9. The zero-order chi connectivity index (χ0) is 23.1. The molecule has 0 bridgehead atoms. The number of nitrogens with zero attached hydrogens (tertiary/aromatic N) is 4. The van der Waals surface area contributed by atoms with Crippen molar-refractivity contribution in [2.75, 3.05) is 24.5 Å². The molecule has 0 saturated carbocycles. The zero-order valence-corrected chi connectivity index (χ0v) is 18.5. The summed E-state index contributed by atoms with van der Waals surface area (Å²) in [7, 11) is -8.93. The average Bonchev–Trinajstić information content (AvgIpc) is 3.42. The van der Waals surface area contributed by atoms with Gasteiger partial charge in [-0.05, 0) is 43.2 Å². The number of rotatable bonds is 6. The number of carbonyl (C=O) groups is 1. The van der Waals surface area contributed by atoms with Gasteiger partial charge in [0.1, 0.15) is 9.79 Å². The van der Waals surface area contributed by atoms with Crippen molar-refractivity contribution in [2.24, 2.45) is 10.9 Å². The topological polar surface area (TPSA) is 219 Å². The van der Waals surface area contributed by atoms with Gasteiger partial charge >= 0.3 is 0 Å². The average molecular weight is 486 g/mol. The molecule has 2 saturated heterocycles. The first-order chi connectivity index (χ1) is 15.1. The summed E-state index contributed by atoms with van der Waals surface area (Å²) in [5, 5.41) is 21.8. The van der Waals surface area contributed by atoms with Gasteiger partial charge in [0, 0.05) is 19.1 Å². The van der Waals surface area contributed by atoms with Gasteiger partial charge in [0.05, 0.1) is 17.3 Å². The lowest BCUT2D eigenvalue weighted by molar-refractivity contribution is -0.120. The largest absolute Gasteiger partial charge is 0.320 e. The smallest absolute Gasteiger partial charge is 0.243 e. The van der Waals surface area contributed by atoms with Gasteiger partial charge in [0.2, 0.25) is 31.8 Å². The van der Waals surface area contributed by atoms with Crippen LogP contribution in [0.4, 0.5) is 5.69 Å². The van der Waals surface area contributed by atoms with E-state index in [1.54, 1.807) is 0 Å². The van der Waals surface area contributed by atoms with E-state index in [0.29, 0.717) is 32.4 Å². The number of hydrogen-bond donors (Lipinski definition) is 5. The highest BCUT2D eigenvalue weighted by Gasteiger charge is 2.37. The van der Waals surface area contributed by atoms with Crippen LogP contribution in [0.2, 0.25) is 0 Å². The summed E-state index contributed by atoms with van der Waals surface area (Å²) in [4.78, 5) is 12.7. The number of benzene rings is 1. The number of aromatic nitrogens is 4. The molecule has 2 atom stereocenters. The van der Waals surface area contributed by atoms with Gasteiger partial charge in [0.25, 0.3) is 0 Å². The van der Waals surface area contributed by atoms with Crippen LogP contribution in [-0.2, 0) is 24.8 Å². The number of aromatic amines is 1. The van der Waals surface area contributed by atoms with Crippen LogP contribution in [0.15, 0.2) is 21.9 Å². The monoisotopic (exact) mass is 485 g/mol. The predicted octanol–water partition coefficient (Wildman–Crippen LogP) is -2.39. The summed E-state index contributed by atoms with van der Waals surface area (Å²) in [6, 6.07) is 1.25. The minimum absolute atomic E-state index is 0.0806. The fraction of sp³-hybridized carbons (Fsp3) is 0.500. The highest BCUT2D eigenvalue weighted by molar-refractivity contribution is 7.92. The molecule has 4 rings (SSSR count). The van der Waals surface area contributed by atoms with Crippen LogP contribution >= 0.6 is 0 Å². The number of hydrogen-bond acceptors (Lipinski definition) is 10. The Labute approximate surface area is 184 Å². The maximum absolute atomic E-state index is 13.2. The molecule has 3 heterocycles. The molecule has 7 N–H and O–H groups in total. The number of amides is 1. The molecule has 174 valence electrons. The Balaban J connectivity index is 1.96. The first kappa shape index (κ1) is 22.7. The summed E-state index contributed by atoms with van der Waals surface area (Å²) in [5.41, 5.74) is 5.73. The Morgan fingerprint density at radius 3 is 2.59 bits per heavy atom. The Hall–Kier alpha value is -2.50. The van der Waals surface area contributed by atoms with Gasteiger partial charge < -0.3 is 16.0 Å². The number of nitrogens with one attached hydrogen (secondary N) is 3. The van der Waals surface area contributed by atoms with Gasteiger partial charge in [0.15, 0.2) is 0 Å². The van der Waals surface area contributed by atoms with Crippen molar-refractivity contribution in [3.63, 3.8) is 0 Å². The molecule has 2 aliphatic heterocycles. The molecule has 0 spiro atoms. The summed E-state index contributed by atoms with van der Waals surface area (Å²) in [6.07, 6.45) is 1.58. The number of piperidine rings is 1. The number of anilines is 1. The summed E-state index contributed by atoms with van der Waals surface area (Å²) in [6.45, 7) is 1.28. The van der Waals surface area contributed by atoms with Crippen molar-refractivity contribution in [2.45, 2.75) is 41.1 Å². The summed E-state index contributed by atoms with van der Waals surface area (Å²) < 4.78 is 54.2. The van der Waals surface area contributed by atoms with E-state index in [9.17, 15) is 21.6 Å². The normalized spacial score (nSPS) is 22.4. The second-order valence-electron chi connectivity index (χ2n) is 7.62. The first-order valence-electron chi connectivity index (χ1n) is 9.83. The quantitative estimate of drug-likeness (QED) is 0.292. The minimum Gasteiger partial charge on any atom is -0.320 e. The van der Waals surface area contributed by atoms with E-state index in [2.05, 4.69) is 30.7 Å². The third-order valence-corrected chi connectivity index (χ3v) is 8.08. The molecule has 0 radical (unpaired) electrons. The predicted molar refractivity (Wildman–Crippen MR) is 112 cm³/mol. The third-order valence-electron chi connectivity index (χ3n) is 5.40. The molecule has 2 fully saturated rings. The van der Waals surface area contributed by atoms with Crippen molar-refractivity contribution in [1.29, 1.82) is 0 Å². The number of tetrazole rings is 1. The molecule has 1 aromatic carbocycles. The molecule has 1 amide bonds. The molecule has 0 unspecified atom stereocenters. The maximum atomic E-state index is 13.2. The standard InChI is InChI=1S/C16H23N9O5S2/c17-10-2-1-7-25(16(10)26)11-3-4-12(32(29,30)22-9-5-6-19-8-9)14(31(18,27)28)13(11)15-20-23-24-21-15/h3-4,9-10,19,22H,1-2,5-8,17H2,(H2,18,27,28)(H,20,21,23,24)/t9-,10+/m1/s1. The van der Waals surface area contributed by atoms with Gasteiger partial charge in [-0.3, -0.25) is 4.79 Å². The van der Waals surface area contributed by atoms with E-state index in [-0.39, 0.29) is 23.6 Å². The molecule has 14 nitrogen and oxygen atoms in total. The van der Waals surface area contributed by atoms with Crippen molar-refractivity contribution in [3.8, 4) is 11.4 Å². The lowest BCUT2D eigenvalue weighted by Gasteiger charge is -2.32. The second kappa shape index (κ2) is 8.45. The minimum atomic E-state index is -4.62. The lowest BCUT2D eigenvalue weighted by atomic mass is 10.0. The van der Waals surface area contributed by atoms with Crippen molar-refractivity contribution in [1.82, 2.24) is 30.7 Å². The molecule has 2 aromatic rings. The van der Waals surface area contributed by atoms with Crippen molar-refractivity contribution in [3.05, 3.63) is 12.1 Å². The van der Waals surface area contributed by atoms with E-state index < -0.39 is 47.8 Å². The maximum Gasteiger partial charge on any atom is 0.243 e. The molecular formula is C16H23N9O5S2. The van der Waals surface area contributed by atoms with E-state index in [0.717, 1.165) is 6.07 Å². The lowest BCUT2D eigenvalue weighted by Crippen LogP contribution is -2.48. The van der Waals surface area contributed by atoms with Crippen LogP contribution in [0.1, 0.15) is 19.3 Å². The molecule has 1 aromatic heterocycles. The van der Waals surface area contributed by atoms with Crippen LogP contribution in [-0.4, -0.2) is 75.1 Å². The van der Waals surface area contributed by atoms with Crippen LogP contribution in [0.5, 0.6) is 0 Å². The first-order valence-corrected chi connectivity index (χ1v) is 12.9. The number of carbonyl (C=O) groups excluding carboxylic acids is 1. The van der Waals surface area contributed by atoms with Gasteiger partial charge in [-0.25, -0.2) is 26.7 Å². The Kier molecular flexibility index (Phi) is 5.99. The molecule has 32 heavy (non-hydrogen) atoms. The molecule has 16 heteroatoms. The number of nitrogens with two attached hydrogens (primary N) is 2. The van der Waals surface area contributed by atoms with Crippen LogP contribution in [0, 0.1) is 0 Å². The van der Waals surface area contributed by atoms with Crippen molar-refractivity contribution >= 4 is 31.6 Å². The second-order valence-corrected chi connectivity index (χ2v) is 10.8. The van der Waals surface area contributed by atoms with Gasteiger partial charge in [-0.15, -0.1) is 10.2 Å². The van der Waals surface area contributed by atoms with Crippen LogP contribution in [0.25, 0.3) is 11.4 Å². The summed E-state index contributed by atoms with van der Waals surface area (Å²) >= 11 is 0. The number of primary sulfonamides is 1. The Bertz CT molecular complexity index is 1220. The van der Waals surface area contributed by atoms with E-state index in [1.165, 1.54) is 11.0 Å². The van der Waals surface area contributed by atoms with Gasteiger partial charge in [-0.1, -0.05) is 0 Å². The number of H-pyrrole nitrogens is 1. The fourth-order valence-electron chi connectivity index (χ4n) is 3.94. The fourth-order valence-corrected chi connectivity index (χ4v) is 6.80.